The van der Waals surface area contributed by atoms with Gasteiger partial charge in [0.25, 0.3) is 5.91 Å². The van der Waals surface area contributed by atoms with E-state index in [9.17, 15) is 9.18 Å². The number of nitrogens with zero attached hydrogens (tertiary/aromatic N) is 4. The van der Waals surface area contributed by atoms with Crippen molar-refractivity contribution >= 4 is 33.5 Å². The molecule has 0 aliphatic heterocycles. The van der Waals surface area contributed by atoms with Crippen molar-refractivity contribution < 1.29 is 9.18 Å². The minimum absolute atomic E-state index is 0.250. The van der Waals surface area contributed by atoms with Gasteiger partial charge in [-0.2, -0.15) is 0 Å². The Labute approximate surface area is 178 Å². The third-order valence-electron chi connectivity index (χ3n) is 5.53. The Bertz CT molecular complexity index is 1450. The normalized spacial score (nSPS) is 11.3. The van der Waals surface area contributed by atoms with Crippen LogP contribution in [-0.2, 0) is 13.6 Å². The van der Waals surface area contributed by atoms with Crippen LogP contribution in [0.4, 0.5) is 10.1 Å². The molecule has 5 aromatic rings. The molecule has 6 nitrogen and oxygen atoms in total. The van der Waals surface area contributed by atoms with E-state index in [1.54, 1.807) is 18.5 Å². The molecule has 2 aromatic carbocycles. The molecule has 0 bridgehead atoms. The highest BCUT2D eigenvalue weighted by molar-refractivity contribution is 6.07. The van der Waals surface area contributed by atoms with Gasteiger partial charge in [0.05, 0.1) is 22.7 Å². The maximum Gasteiger partial charge on any atom is 0.272 e. The predicted octanol–water partition coefficient (Wildman–Crippen LogP) is 4.67. The molecule has 5 rings (SSSR count). The fraction of sp³-hybridized carbons (Fsp3) is 0.125. The lowest BCUT2D eigenvalue weighted by molar-refractivity contribution is 0.101. The summed E-state index contributed by atoms with van der Waals surface area (Å²) in [5.41, 5.74) is 4.54. The first-order valence-corrected chi connectivity index (χ1v) is 9.92. The quantitative estimate of drug-likeness (QED) is 0.466. The second-order valence-electron chi connectivity index (χ2n) is 7.56. The molecule has 7 heteroatoms. The molecular formula is C24H20FN5O. The summed E-state index contributed by atoms with van der Waals surface area (Å²) in [7, 11) is 1.96. The molecule has 0 unspecified atom stereocenters. The number of pyridine rings is 1. The SMILES string of the molecule is Cc1nc2cc(NC(=O)c3cc4ccncc4n3Cc3cccc(F)c3)ccc2n1C. The fourth-order valence-electron chi connectivity index (χ4n) is 3.87. The van der Waals surface area contributed by atoms with Crippen LogP contribution in [0.3, 0.4) is 0 Å². The Kier molecular flexibility index (Phi) is 4.51. The van der Waals surface area contributed by atoms with Crippen LogP contribution < -0.4 is 5.32 Å². The number of carbonyl (C=O) groups is 1. The maximum atomic E-state index is 13.7. The summed E-state index contributed by atoms with van der Waals surface area (Å²) in [5, 5.41) is 3.87. The zero-order chi connectivity index (χ0) is 21.5. The Morgan fingerprint density at radius 1 is 1.10 bits per heavy atom. The van der Waals surface area contributed by atoms with E-state index in [4.69, 9.17) is 0 Å². The van der Waals surface area contributed by atoms with E-state index in [2.05, 4.69) is 15.3 Å². The van der Waals surface area contributed by atoms with Crippen LogP contribution in [0.2, 0.25) is 0 Å². The largest absolute Gasteiger partial charge is 0.331 e. The number of anilines is 1. The van der Waals surface area contributed by atoms with Gasteiger partial charge in [-0.1, -0.05) is 12.1 Å². The summed E-state index contributed by atoms with van der Waals surface area (Å²) >= 11 is 0. The van der Waals surface area contributed by atoms with Crippen molar-refractivity contribution in [1.29, 1.82) is 0 Å². The summed E-state index contributed by atoms with van der Waals surface area (Å²) in [5.74, 6) is 0.345. The highest BCUT2D eigenvalue weighted by atomic mass is 19.1. The molecule has 3 heterocycles. The zero-order valence-corrected chi connectivity index (χ0v) is 17.1. The molecule has 3 aromatic heterocycles. The predicted molar refractivity (Wildman–Crippen MR) is 119 cm³/mol. The van der Waals surface area contributed by atoms with Crippen molar-refractivity contribution in [3.63, 3.8) is 0 Å². The third kappa shape index (κ3) is 3.44. The number of nitrogens with one attached hydrogen (secondary N) is 1. The number of hydrogen-bond donors (Lipinski definition) is 1. The molecular weight excluding hydrogens is 393 g/mol. The number of aryl methyl sites for hydroxylation is 2. The monoisotopic (exact) mass is 413 g/mol. The molecule has 0 saturated heterocycles. The van der Waals surface area contributed by atoms with Crippen LogP contribution in [0.25, 0.3) is 21.9 Å². The summed E-state index contributed by atoms with van der Waals surface area (Å²) < 4.78 is 17.6. The Morgan fingerprint density at radius 3 is 2.81 bits per heavy atom. The Balaban J connectivity index is 1.52. The van der Waals surface area contributed by atoms with Crippen molar-refractivity contribution in [3.8, 4) is 0 Å². The van der Waals surface area contributed by atoms with Crippen molar-refractivity contribution in [1.82, 2.24) is 19.1 Å². The average Bonchev–Trinajstić information content (AvgIpc) is 3.25. The van der Waals surface area contributed by atoms with E-state index < -0.39 is 0 Å². The molecule has 0 radical (unpaired) electrons. The smallest absolute Gasteiger partial charge is 0.272 e. The van der Waals surface area contributed by atoms with E-state index >= 15 is 0 Å². The van der Waals surface area contributed by atoms with E-state index in [0.29, 0.717) is 17.9 Å². The number of rotatable bonds is 4. The minimum atomic E-state index is -0.308. The molecule has 0 aliphatic carbocycles. The van der Waals surface area contributed by atoms with Gasteiger partial charge in [0.15, 0.2) is 0 Å². The molecule has 1 amide bonds. The molecule has 0 spiro atoms. The number of halogens is 1. The summed E-state index contributed by atoms with van der Waals surface area (Å²) in [4.78, 5) is 21.9. The molecule has 154 valence electrons. The summed E-state index contributed by atoms with van der Waals surface area (Å²) in [6.07, 6.45) is 3.40. The van der Waals surface area contributed by atoms with Gasteiger partial charge in [0.1, 0.15) is 17.3 Å². The average molecular weight is 413 g/mol. The van der Waals surface area contributed by atoms with E-state index in [-0.39, 0.29) is 11.7 Å². The van der Waals surface area contributed by atoms with Gasteiger partial charge < -0.3 is 14.5 Å². The number of amides is 1. The molecule has 0 saturated carbocycles. The lowest BCUT2D eigenvalue weighted by Crippen LogP contribution is -2.17. The van der Waals surface area contributed by atoms with Gasteiger partial charge in [0, 0.05) is 30.9 Å². The van der Waals surface area contributed by atoms with Crippen LogP contribution in [0.5, 0.6) is 0 Å². The zero-order valence-electron chi connectivity index (χ0n) is 17.1. The van der Waals surface area contributed by atoms with Crippen LogP contribution in [0.1, 0.15) is 21.9 Å². The van der Waals surface area contributed by atoms with Gasteiger partial charge in [0.2, 0.25) is 0 Å². The van der Waals surface area contributed by atoms with Crippen molar-refractivity contribution in [2.24, 2.45) is 7.05 Å². The first-order valence-electron chi connectivity index (χ1n) is 9.92. The number of hydrogen-bond acceptors (Lipinski definition) is 3. The summed E-state index contributed by atoms with van der Waals surface area (Å²) in [6, 6.07) is 15.7. The molecule has 0 aliphatic rings. The van der Waals surface area contributed by atoms with Crippen LogP contribution in [0.15, 0.2) is 67.0 Å². The van der Waals surface area contributed by atoms with E-state index in [1.807, 2.05) is 59.5 Å². The molecule has 1 N–H and O–H groups in total. The topological polar surface area (TPSA) is 64.7 Å². The number of benzene rings is 2. The van der Waals surface area contributed by atoms with Gasteiger partial charge in [-0.3, -0.25) is 9.78 Å². The highest BCUT2D eigenvalue weighted by Crippen LogP contribution is 2.24. The van der Waals surface area contributed by atoms with Gasteiger partial charge in [-0.05, 0) is 55.0 Å². The molecule has 31 heavy (non-hydrogen) atoms. The number of aromatic nitrogens is 4. The standard InChI is InChI=1S/C24H20FN5O/c1-15-27-20-12-19(6-7-21(20)29(15)2)28-24(31)22-11-17-8-9-26-13-23(17)30(22)14-16-4-3-5-18(25)10-16/h3-13H,14H2,1-2H3,(H,28,31). The Hall–Kier alpha value is -4.00. The number of imidazole rings is 1. The van der Waals surface area contributed by atoms with E-state index in [0.717, 1.165) is 33.3 Å². The van der Waals surface area contributed by atoms with Crippen molar-refractivity contribution in [3.05, 3.63) is 89.9 Å². The van der Waals surface area contributed by atoms with Crippen LogP contribution >= 0.6 is 0 Å². The highest BCUT2D eigenvalue weighted by Gasteiger charge is 2.17. The fourth-order valence-corrected chi connectivity index (χ4v) is 3.87. The van der Waals surface area contributed by atoms with Crippen molar-refractivity contribution in [2.75, 3.05) is 5.32 Å². The molecule has 0 atom stereocenters. The maximum absolute atomic E-state index is 13.7. The van der Waals surface area contributed by atoms with Crippen LogP contribution in [0, 0.1) is 12.7 Å². The lowest BCUT2D eigenvalue weighted by atomic mass is 10.2. The van der Waals surface area contributed by atoms with Crippen LogP contribution in [-0.4, -0.2) is 25.0 Å². The minimum Gasteiger partial charge on any atom is -0.331 e. The first kappa shape index (κ1) is 19.0. The number of carbonyl (C=O) groups excluding carboxylic acids is 1. The Morgan fingerprint density at radius 2 is 1.97 bits per heavy atom. The first-order chi connectivity index (χ1) is 15.0. The number of fused-ring (bicyclic) bond motifs is 2. The van der Waals surface area contributed by atoms with Gasteiger partial charge in [-0.25, -0.2) is 9.37 Å². The summed E-state index contributed by atoms with van der Waals surface area (Å²) in [6.45, 7) is 2.30. The van der Waals surface area contributed by atoms with Gasteiger partial charge >= 0.3 is 0 Å². The second-order valence-corrected chi connectivity index (χ2v) is 7.56. The second kappa shape index (κ2) is 7.36. The van der Waals surface area contributed by atoms with E-state index in [1.165, 1.54) is 12.1 Å². The van der Waals surface area contributed by atoms with Gasteiger partial charge in [-0.15, -0.1) is 0 Å². The lowest BCUT2D eigenvalue weighted by Gasteiger charge is -2.11. The van der Waals surface area contributed by atoms with Crippen molar-refractivity contribution in [2.45, 2.75) is 13.5 Å². The third-order valence-corrected chi connectivity index (χ3v) is 5.53. The molecule has 0 fully saturated rings.